The minimum Gasteiger partial charge on any atom is -0.508 e. The monoisotopic (exact) mass is 363 g/mol. The molecule has 1 aliphatic rings. The first-order chi connectivity index (χ1) is 13.3. The van der Waals surface area contributed by atoms with E-state index in [1.165, 1.54) is 0 Å². The van der Waals surface area contributed by atoms with Crippen LogP contribution in [-0.4, -0.2) is 46.2 Å². The van der Waals surface area contributed by atoms with E-state index in [-0.39, 0.29) is 5.75 Å². The van der Waals surface area contributed by atoms with Gasteiger partial charge in [-0.2, -0.15) is 15.0 Å². The van der Waals surface area contributed by atoms with Crippen LogP contribution in [0.3, 0.4) is 0 Å². The Hall–Kier alpha value is -3.39. The van der Waals surface area contributed by atoms with E-state index in [4.69, 9.17) is 0 Å². The summed E-state index contributed by atoms with van der Waals surface area (Å²) in [6.45, 7) is 3.47. The molecular formula is C19H21N7O. The number of aromatic hydroxyl groups is 1. The van der Waals surface area contributed by atoms with Crippen molar-refractivity contribution in [1.82, 2.24) is 20.3 Å². The van der Waals surface area contributed by atoms with Gasteiger partial charge in [-0.05, 0) is 36.4 Å². The summed E-state index contributed by atoms with van der Waals surface area (Å²) < 4.78 is 0. The maximum absolute atomic E-state index is 9.45. The highest BCUT2D eigenvalue weighted by Crippen LogP contribution is 2.21. The second-order valence-corrected chi connectivity index (χ2v) is 6.18. The van der Waals surface area contributed by atoms with E-state index in [9.17, 15) is 5.11 Å². The van der Waals surface area contributed by atoms with Gasteiger partial charge in [-0.1, -0.05) is 18.2 Å². The Labute approximate surface area is 157 Å². The summed E-state index contributed by atoms with van der Waals surface area (Å²) >= 11 is 0. The van der Waals surface area contributed by atoms with Gasteiger partial charge >= 0.3 is 0 Å². The number of hydrogen-bond donors (Lipinski definition) is 4. The molecule has 2 heterocycles. The maximum atomic E-state index is 9.45. The Bertz CT molecular complexity index is 880. The summed E-state index contributed by atoms with van der Waals surface area (Å²) in [5.41, 5.74) is 1.70. The highest BCUT2D eigenvalue weighted by molar-refractivity contribution is 5.59. The summed E-state index contributed by atoms with van der Waals surface area (Å²) in [5, 5.41) is 19.2. The number of anilines is 5. The smallest absolute Gasteiger partial charge is 0.233 e. The van der Waals surface area contributed by atoms with Gasteiger partial charge in [-0.25, -0.2) is 0 Å². The first-order valence-electron chi connectivity index (χ1n) is 8.86. The van der Waals surface area contributed by atoms with E-state index in [2.05, 4.69) is 35.8 Å². The minimum absolute atomic E-state index is 0.212. The first kappa shape index (κ1) is 17.0. The zero-order chi connectivity index (χ0) is 18.5. The SMILES string of the molecule is Oc1ccc(Nc2nc(Nc3ccccc3)nc(N3CCNCC3)n2)cc1. The number of benzene rings is 2. The quantitative estimate of drug-likeness (QED) is 0.513. The molecule has 0 unspecified atom stereocenters. The average Bonchev–Trinajstić information content (AvgIpc) is 2.71. The summed E-state index contributed by atoms with van der Waals surface area (Å²) in [5.74, 6) is 1.77. The number of phenolic OH excluding ortho intramolecular Hbond substituents is 1. The van der Waals surface area contributed by atoms with Gasteiger partial charge in [0.15, 0.2) is 0 Å². The van der Waals surface area contributed by atoms with Gasteiger partial charge in [0.1, 0.15) is 5.75 Å². The average molecular weight is 363 g/mol. The Morgan fingerprint density at radius 3 is 2.00 bits per heavy atom. The molecule has 0 radical (unpaired) electrons. The van der Waals surface area contributed by atoms with Crippen molar-refractivity contribution in [3.63, 3.8) is 0 Å². The van der Waals surface area contributed by atoms with Gasteiger partial charge in [0, 0.05) is 37.6 Å². The Balaban J connectivity index is 1.63. The third-order valence-electron chi connectivity index (χ3n) is 4.18. The van der Waals surface area contributed by atoms with Crippen molar-refractivity contribution in [2.45, 2.75) is 0 Å². The molecule has 4 rings (SSSR count). The molecule has 8 heteroatoms. The summed E-state index contributed by atoms with van der Waals surface area (Å²) in [4.78, 5) is 15.8. The highest BCUT2D eigenvalue weighted by Gasteiger charge is 2.16. The first-order valence-corrected chi connectivity index (χ1v) is 8.86. The van der Waals surface area contributed by atoms with Crippen molar-refractivity contribution in [1.29, 1.82) is 0 Å². The molecule has 1 aliphatic heterocycles. The molecule has 4 N–H and O–H groups in total. The van der Waals surface area contributed by atoms with Crippen molar-refractivity contribution >= 4 is 29.2 Å². The number of rotatable bonds is 5. The number of nitrogens with zero attached hydrogens (tertiary/aromatic N) is 4. The van der Waals surface area contributed by atoms with E-state index < -0.39 is 0 Å². The van der Waals surface area contributed by atoms with Crippen molar-refractivity contribution in [2.75, 3.05) is 41.7 Å². The molecule has 0 atom stereocenters. The lowest BCUT2D eigenvalue weighted by Gasteiger charge is -2.27. The fourth-order valence-corrected chi connectivity index (χ4v) is 2.81. The minimum atomic E-state index is 0.212. The zero-order valence-electron chi connectivity index (χ0n) is 14.8. The van der Waals surface area contributed by atoms with Crippen LogP contribution in [0.1, 0.15) is 0 Å². The van der Waals surface area contributed by atoms with E-state index >= 15 is 0 Å². The predicted octanol–water partition coefficient (Wildman–Crippen LogP) is 2.47. The van der Waals surface area contributed by atoms with Crippen LogP contribution in [0.25, 0.3) is 0 Å². The Kier molecular flexibility index (Phi) is 4.97. The number of para-hydroxylation sites is 1. The number of aromatic nitrogens is 3. The van der Waals surface area contributed by atoms with E-state index in [0.717, 1.165) is 37.6 Å². The molecule has 1 aromatic heterocycles. The van der Waals surface area contributed by atoms with E-state index in [1.54, 1.807) is 24.3 Å². The van der Waals surface area contributed by atoms with E-state index in [1.807, 2.05) is 30.3 Å². The van der Waals surface area contributed by atoms with Gasteiger partial charge in [-0.3, -0.25) is 0 Å². The van der Waals surface area contributed by atoms with Crippen molar-refractivity contribution in [3.8, 4) is 5.75 Å². The fourth-order valence-electron chi connectivity index (χ4n) is 2.81. The standard InChI is InChI=1S/C19H21N7O/c27-16-8-6-15(7-9-16)22-18-23-17(21-14-4-2-1-3-5-14)24-19(25-18)26-12-10-20-11-13-26/h1-9,20,27H,10-13H2,(H2,21,22,23,24,25). The number of phenols is 1. The van der Waals surface area contributed by atoms with Gasteiger partial charge in [-0.15, -0.1) is 0 Å². The number of hydrogen-bond acceptors (Lipinski definition) is 8. The lowest BCUT2D eigenvalue weighted by Crippen LogP contribution is -2.44. The Morgan fingerprint density at radius 1 is 0.778 bits per heavy atom. The third kappa shape index (κ3) is 4.42. The second-order valence-electron chi connectivity index (χ2n) is 6.18. The van der Waals surface area contributed by atoms with Crippen molar-refractivity contribution in [3.05, 3.63) is 54.6 Å². The van der Waals surface area contributed by atoms with Crippen LogP contribution in [0.5, 0.6) is 5.75 Å². The van der Waals surface area contributed by atoms with Crippen LogP contribution in [0.4, 0.5) is 29.2 Å². The van der Waals surface area contributed by atoms with Crippen molar-refractivity contribution < 1.29 is 5.11 Å². The highest BCUT2D eigenvalue weighted by atomic mass is 16.3. The molecule has 0 bridgehead atoms. The molecule has 3 aromatic rings. The molecule has 2 aromatic carbocycles. The van der Waals surface area contributed by atoms with Crippen LogP contribution in [0.2, 0.25) is 0 Å². The van der Waals surface area contributed by atoms with Gasteiger partial charge in [0.05, 0.1) is 0 Å². The van der Waals surface area contributed by atoms with Crippen LogP contribution in [0, 0.1) is 0 Å². The lowest BCUT2D eigenvalue weighted by molar-refractivity contribution is 0.475. The number of nitrogens with one attached hydrogen (secondary N) is 3. The molecular weight excluding hydrogens is 342 g/mol. The zero-order valence-corrected chi connectivity index (χ0v) is 14.8. The van der Waals surface area contributed by atoms with Crippen LogP contribution >= 0.6 is 0 Å². The normalized spacial score (nSPS) is 14.0. The summed E-state index contributed by atoms with van der Waals surface area (Å²) in [7, 11) is 0. The van der Waals surface area contributed by atoms with Gasteiger partial charge < -0.3 is 26.0 Å². The van der Waals surface area contributed by atoms with Crippen molar-refractivity contribution in [2.24, 2.45) is 0 Å². The maximum Gasteiger partial charge on any atom is 0.233 e. The lowest BCUT2D eigenvalue weighted by atomic mass is 10.3. The van der Waals surface area contributed by atoms with Gasteiger partial charge in [0.2, 0.25) is 17.8 Å². The molecule has 1 fully saturated rings. The topological polar surface area (TPSA) is 98.2 Å². The Morgan fingerprint density at radius 2 is 1.37 bits per heavy atom. The molecule has 0 spiro atoms. The molecule has 8 nitrogen and oxygen atoms in total. The largest absolute Gasteiger partial charge is 0.508 e. The second kappa shape index (κ2) is 7.88. The molecule has 1 saturated heterocycles. The molecule has 138 valence electrons. The molecule has 27 heavy (non-hydrogen) atoms. The fraction of sp³-hybridized carbons (Fsp3) is 0.211. The van der Waals surface area contributed by atoms with Crippen LogP contribution < -0.4 is 20.9 Å². The molecule has 0 saturated carbocycles. The van der Waals surface area contributed by atoms with Crippen LogP contribution in [-0.2, 0) is 0 Å². The summed E-state index contributed by atoms with van der Waals surface area (Å²) in [6, 6.07) is 16.6. The number of piperazine rings is 1. The molecule has 0 amide bonds. The summed E-state index contributed by atoms with van der Waals surface area (Å²) in [6.07, 6.45) is 0. The third-order valence-corrected chi connectivity index (χ3v) is 4.18. The molecule has 0 aliphatic carbocycles. The van der Waals surface area contributed by atoms with Gasteiger partial charge in [0.25, 0.3) is 0 Å². The van der Waals surface area contributed by atoms with E-state index in [0.29, 0.717) is 17.8 Å². The van der Waals surface area contributed by atoms with Crippen LogP contribution in [0.15, 0.2) is 54.6 Å². The predicted molar refractivity (Wildman–Crippen MR) is 106 cm³/mol.